The first kappa shape index (κ1) is 11.3. The van der Waals surface area contributed by atoms with E-state index in [-0.39, 0.29) is 10.7 Å². The Morgan fingerprint density at radius 2 is 2.19 bits per heavy atom. The molecule has 0 saturated heterocycles. The second-order valence-electron chi connectivity index (χ2n) is 3.19. The van der Waals surface area contributed by atoms with Crippen LogP contribution in [0.15, 0.2) is 40.1 Å². The first-order valence-corrected chi connectivity index (χ1v) is 5.63. The zero-order valence-corrected chi connectivity index (χ0v) is 10.4. The summed E-state index contributed by atoms with van der Waals surface area (Å²) in [5.74, 6) is 0. The van der Waals surface area contributed by atoms with Gasteiger partial charge in [0, 0.05) is 22.9 Å². The third-order valence-corrected chi connectivity index (χ3v) is 2.60. The second kappa shape index (κ2) is 4.76. The Hall–Kier alpha value is -1.20. The number of pyridine rings is 1. The fraction of sp³-hybridized carbons (Fsp3) is 0.100. The highest BCUT2D eigenvalue weighted by atomic mass is 79.9. The van der Waals surface area contributed by atoms with Crippen molar-refractivity contribution in [1.82, 2.24) is 14.5 Å². The van der Waals surface area contributed by atoms with Gasteiger partial charge < -0.3 is 0 Å². The highest BCUT2D eigenvalue weighted by Gasteiger charge is 2.00. The van der Waals surface area contributed by atoms with Gasteiger partial charge in [-0.25, -0.2) is 4.98 Å². The van der Waals surface area contributed by atoms with Crippen LogP contribution >= 0.6 is 27.5 Å². The molecule has 0 bridgehead atoms. The molecule has 2 rings (SSSR count). The average molecular weight is 301 g/mol. The normalized spacial score (nSPS) is 10.4. The van der Waals surface area contributed by atoms with Gasteiger partial charge in [-0.1, -0.05) is 11.6 Å². The quantitative estimate of drug-likeness (QED) is 0.798. The molecule has 6 heteroatoms. The lowest BCUT2D eigenvalue weighted by Crippen LogP contribution is -2.19. The van der Waals surface area contributed by atoms with Crippen LogP contribution in [0, 0.1) is 0 Å². The maximum atomic E-state index is 11.5. The van der Waals surface area contributed by atoms with Crippen molar-refractivity contribution in [2.24, 2.45) is 0 Å². The van der Waals surface area contributed by atoms with E-state index in [0.717, 1.165) is 10.0 Å². The van der Waals surface area contributed by atoms with Crippen molar-refractivity contribution in [3.8, 4) is 0 Å². The van der Waals surface area contributed by atoms with E-state index in [1.165, 1.54) is 17.0 Å². The van der Waals surface area contributed by atoms with Crippen LogP contribution in [-0.4, -0.2) is 14.5 Å². The summed E-state index contributed by atoms with van der Waals surface area (Å²) in [5.41, 5.74) is 0.737. The fourth-order valence-corrected chi connectivity index (χ4v) is 1.81. The van der Waals surface area contributed by atoms with Crippen molar-refractivity contribution < 1.29 is 0 Å². The molecule has 0 aliphatic heterocycles. The first-order valence-electron chi connectivity index (χ1n) is 4.46. The van der Waals surface area contributed by atoms with E-state index in [0.29, 0.717) is 6.54 Å². The third-order valence-electron chi connectivity index (χ3n) is 1.96. The minimum Gasteiger partial charge on any atom is -0.295 e. The van der Waals surface area contributed by atoms with Gasteiger partial charge in [-0.2, -0.15) is 0 Å². The molecule has 0 aromatic carbocycles. The predicted molar refractivity (Wildman–Crippen MR) is 64.5 cm³/mol. The summed E-state index contributed by atoms with van der Waals surface area (Å²) in [6.45, 7) is 0.426. The van der Waals surface area contributed by atoms with Gasteiger partial charge in [0.25, 0.3) is 5.56 Å². The molecule has 0 unspecified atom stereocenters. The molecule has 0 radical (unpaired) electrons. The van der Waals surface area contributed by atoms with Crippen LogP contribution in [0.25, 0.3) is 0 Å². The second-order valence-corrected chi connectivity index (χ2v) is 4.49. The minimum absolute atomic E-state index is 0.181. The SMILES string of the molecule is O=c1cc(Cl)ncn1Cc1cncc(Br)c1. The van der Waals surface area contributed by atoms with Crippen molar-refractivity contribution in [3.05, 3.63) is 56.4 Å². The van der Waals surface area contributed by atoms with Crippen LogP contribution in [0.2, 0.25) is 5.15 Å². The molecule has 0 aliphatic carbocycles. The maximum Gasteiger partial charge on any atom is 0.255 e. The summed E-state index contributed by atoms with van der Waals surface area (Å²) in [5, 5.41) is 0.202. The fourth-order valence-electron chi connectivity index (χ4n) is 1.26. The van der Waals surface area contributed by atoms with E-state index in [9.17, 15) is 4.79 Å². The molecule has 4 nitrogen and oxygen atoms in total. The van der Waals surface area contributed by atoms with Gasteiger partial charge in [0.15, 0.2) is 0 Å². The number of hydrogen-bond donors (Lipinski definition) is 0. The number of halogens is 2. The number of nitrogens with zero attached hydrogens (tertiary/aromatic N) is 3. The average Bonchev–Trinajstić information content (AvgIpc) is 2.22. The van der Waals surface area contributed by atoms with E-state index >= 15 is 0 Å². The molecule has 0 saturated carbocycles. The summed E-state index contributed by atoms with van der Waals surface area (Å²) in [6, 6.07) is 3.18. The molecule has 0 N–H and O–H groups in total. The predicted octanol–water partition coefficient (Wildman–Crippen LogP) is 2.10. The molecule has 0 aliphatic rings. The monoisotopic (exact) mass is 299 g/mol. The van der Waals surface area contributed by atoms with Crippen molar-refractivity contribution in [1.29, 1.82) is 0 Å². The van der Waals surface area contributed by atoms with Crippen LogP contribution in [0.1, 0.15) is 5.56 Å². The lowest BCUT2D eigenvalue weighted by atomic mass is 10.3. The van der Waals surface area contributed by atoms with Crippen molar-refractivity contribution >= 4 is 27.5 Å². The molecule has 0 spiro atoms. The molecule has 0 amide bonds. The molecule has 2 aromatic heterocycles. The van der Waals surface area contributed by atoms with Crippen LogP contribution in [0.4, 0.5) is 0 Å². The van der Waals surface area contributed by atoms with Gasteiger partial charge in [-0.3, -0.25) is 14.3 Å². The third kappa shape index (κ3) is 2.68. The standard InChI is InChI=1S/C10H7BrClN3O/c11-8-1-7(3-13-4-8)5-15-6-14-9(12)2-10(15)16/h1-4,6H,5H2. The topological polar surface area (TPSA) is 47.8 Å². The first-order chi connectivity index (χ1) is 7.65. The van der Waals surface area contributed by atoms with Crippen molar-refractivity contribution in [2.45, 2.75) is 6.54 Å². The summed E-state index contributed by atoms with van der Waals surface area (Å²) < 4.78 is 2.34. The molecular formula is C10H7BrClN3O. The van der Waals surface area contributed by atoms with Crippen molar-refractivity contribution in [2.75, 3.05) is 0 Å². The summed E-state index contributed by atoms with van der Waals surface area (Å²) in [6.07, 6.45) is 4.81. The zero-order chi connectivity index (χ0) is 11.5. The van der Waals surface area contributed by atoms with E-state index in [1.54, 1.807) is 12.4 Å². The smallest absolute Gasteiger partial charge is 0.255 e. The van der Waals surface area contributed by atoms with E-state index in [1.807, 2.05) is 6.07 Å². The lowest BCUT2D eigenvalue weighted by Gasteiger charge is -2.04. The highest BCUT2D eigenvalue weighted by Crippen LogP contribution is 2.10. The largest absolute Gasteiger partial charge is 0.295 e. The summed E-state index contributed by atoms with van der Waals surface area (Å²) >= 11 is 8.92. The molecule has 16 heavy (non-hydrogen) atoms. The maximum absolute atomic E-state index is 11.5. The Balaban J connectivity index is 2.31. The van der Waals surface area contributed by atoms with E-state index < -0.39 is 0 Å². The van der Waals surface area contributed by atoms with Crippen molar-refractivity contribution in [3.63, 3.8) is 0 Å². The molecule has 0 fully saturated rings. The van der Waals surface area contributed by atoms with Gasteiger partial charge in [0.05, 0.1) is 12.9 Å². The summed E-state index contributed by atoms with van der Waals surface area (Å²) in [4.78, 5) is 19.4. The molecular weight excluding hydrogens is 293 g/mol. The Labute approximate surface area is 105 Å². The van der Waals surface area contributed by atoms with Gasteiger partial charge >= 0.3 is 0 Å². The molecule has 2 aromatic rings. The Morgan fingerprint density at radius 3 is 2.88 bits per heavy atom. The number of rotatable bonds is 2. The number of hydrogen-bond acceptors (Lipinski definition) is 3. The lowest BCUT2D eigenvalue weighted by molar-refractivity contribution is 0.733. The van der Waals surface area contributed by atoms with Crippen LogP contribution < -0.4 is 5.56 Å². The Morgan fingerprint density at radius 1 is 1.38 bits per heavy atom. The van der Waals surface area contributed by atoms with E-state index in [4.69, 9.17) is 11.6 Å². The molecule has 82 valence electrons. The molecule has 2 heterocycles. The van der Waals surface area contributed by atoms with Gasteiger partial charge in [-0.15, -0.1) is 0 Å². The Bertz CT molecular complexity index is 570. The van der Waals surface area contributed by atoms with Crippen LogP contribution in [0.5, 0.6) is 0 Å². The highest BCUT2D eigenvalue weighted by molar-refractivity contribution is 9.10. The van der Waals surface area contributed by atoms with Crippen LogP contribution in [-0.2, 0) is 6.54 Å². The number of aromatic nitrogens is 3. The van der Waals surface area contributed by atoms with E-state index in [2.05, 4.69) is 25.9 Å². The van der Waals surface area contributed by atoms with Gasteiger partial charge in [-0.05, 0) is 27.6 Å². The zero-order valence-electron chi connectivity index (χ0n) is 8.10. The Kier molecular flexibility index (Phi) is 3.36. The van der Waals surface area contributed by atoms with Crippen LogP contribution in [0.3, 0.4) is 0 Å². The summed E-state index contributed by atoms with van der Waals surface area (Å²) in [7, 11) is 0. The van der Waals surface area contributed by atoms with Gasteiger partial charge in [0.2, 0.25) is 0 Å². The van der Waals surface area contributed by atoms with Gasteiger partial charge in [0.1, 0.15) is 5.15 Å². The minimum atomic E-state index is -0.181. The molecule has 0 atom stereocenters.